The Kier molecular flexibility index (Phi) is 5.73. The molecule has 0 atom stereocenters. The number of halogens is 1. The smallest absolute Gasteiger partial charge is 0.274 e. The summed E-state index contributed by atoms with van der Waals surface area (Å²) >= 11 is 0. The van der Waals surface area contributed by atoms with Crippen LogP contribution in [0.25, 0.3) is 0 Å². The van der Waals surface area contributed by atoms with E-state index in [1.165, 1.54) is 45.7 Å². The Morgan fingerprint density at radius 3 is 2.29 bits per heavy atom. The van der Waals surface area contributed by atoms with Gasteiger partial charge >= 0.3 is 0 Å². The molecule has 126 valence electrons. The van der Waals surface area contributed by atoms with Crippen LogP contribution in [-0.4, -0.2) is 33.5 Å². The molecule has 1 N–H and O–H groups in total. The predicted octanol–water partition coefficient (Wildman–Crippen LogP) is 2.62. The van der Waals surface area contributed by atoms with Crippen molar-refractivity contribution in [3.8, 4) is 17.2 Å². The molecule has 7 heteroatoms. The molecule has 0 heterocycles. The van der Waals surface area contributed by atoms with Crippen LogP contribution in [0, 0.1) is 5.82 Å². The second kappa shape index (κ2) is 7.96. The lowest BCUT2D eigenvalue weighted by Crippen LogP contribution is -2.19. The van der Waals surface area contributed by atoms with E-state index >= 15 is 0 Å². The summed E-state index contributed by atoms with van der Waals surface area (Å²) in [4.78, 5) is 11.9. The zero-order valence-corrected chi connectivity index (χ0v) is 13.5. The summed E-state index contributed by atoms with van der Waals surface area (Å²) in [7, 11) is 4.52. The van der Waals surface area contributed by atoms with Gasteiger partial charge in [0.05, 0.1) is 33.1 Å². The Morgan fingerprint density at radius 1 is 1.04 bits per heavy atom. The molecule has 0 aromatic heterocycles. The molecular formula is C17H17FN2O4. The molecule has 0 saturated carbocycles. The Balaban J connectivity index is 2.19. The van der Waals surface area contributed by atoms with E-state index in [2.05, 4.69) is 10.5 Å². The zero-order valence-electron chi connectivity index (χ0n) is 13.5. The average molecular weight is 332 g/mol. The first-order chi connectivity index (χ1) is 11.6. The quantitative estimate of drug-likeness (QED) is 0.652. The van der Waals surface area contributed by atoms with Crippen molar-refractivity contribution in [3.63, 3.8) is 0 Å². The van der Waals surface area contributed by atoms with Gasteiger partial charge in [-0.05, 0) is 18.2 Å². The van der Waals surface area contributed by atoms with Crippen molar-refractivity contribution in [3.05, 3.63) is 53.3 Å². The summed E-state index contributed by atoms with van der Waals surface area (Å²) in [5.74, 6) is 0.205. The summed E-state index contributed by atoms with van der Waals surface area (Å²) in [6.45, 7) is 0. The number of nitrogens with zero attached hydrogens (tertiary/aromatic N) is 1. The fraction of sp³-hybridized carbons (Fsp3) is 0.176. The number of nitrogens with one attached hydrogen (secondary N) is 1. The van der Waals surface area contributed by atoms with Crippen LogP contribution >= 0.6 is 0 Å². The van der Waals surface area contributed by atoms with Gasteiger partial charge in [-0.15, -0.1) is 0 Å². The van der Waals surface area contributed by atoms with Gasteiger partial charge in [-0.2, -0.15) is 5.10 Å². The van der Waals surface area contributed by atoms with Crippen LogP contribution < -0.4 is 19.6 Å². The fourth-order valence-corrected chi connectivity index (χ4v) is 2.02. The Bertz CT molecular complexity index is 762. The number of methoxy groups -OCH3 is 3. The molecule has 0 radical (unpaired) electrons. The van der Waals surface area contributed by atoms with E-state index in [1.54, 1.807) is 18.2 Å². The van der Waals surface area contributed by atoms with E-state index in [9.17, 15) is 9.18 Å². The van der Waals surface area contributed by atoms with E-state index in [0.717, 1.165) is 0 Å². The van der Waals surface area contributed by atoms with Crippen LogP contribution in [0.4, 0.5) is 4.39 Å². The second-order valence-electron chi connectivity index (χ2n) is 4.63. The summed E-state index contributed by atoms with van der Waals surface area (Å²) in [6, 6.07) is 8.94. The van der Waals surface area contributed by atoms with E-state index < -0.39 is 11.7 Å². The van der Waals surface area contributed by atoms with Gasteiger partial charge in [0.15, 0.2) is 11.5 Å². The van der Waals surface area contributed by atoms with Crippen molar-refractivity contribution in [1.29, 1.82) is 0 Å². The monoisotopic (exact) mass is 332 g/mol. The molecule has 0 spiro atoms. The summed E-state index contributed by atoms with van der Waals surface area (Å²) in [5.41, 5.74) is 2.74. The molecule has 2 aromatic rings. The van der Waals surface area contributed by atoms with Gasteiger partial charge in [0, 0.05) is 11.6 Å². The maximum absolute atomic E-state index is 13.5. The molecule has 24 heavy (non-hydrogen) atoms. The van der Waals surface area contributed by atoms with Crippen molar-refractivity contribution in [2.45, 2.75) is 0 Å². The van der Waals surface area contributed by atoms with Crippen molar-refractivity contribution in [1.82, 2.24) is 5.43 Å². The molecule has 0 fully saturated rings. The number of carbonyl (C=O) groups is 1. The number of benzene rings is 2. The van der Waals surface area contributed by atoms with Crippen LogP contribution in [0.3, 0.4) is 0 Å². The number of amides is 1. The van der Waals surface area contributed by atoms with Gasteiger partial charge in [-0.1, -0.05) is 12.1 Å². The van der Waals surface area contributed by atoms with Gasteiger partial charge in [-0.3, -0.25) is 4.79 Å². The average Bonchev–Trinajstić information content (AvgIpc) is 2.61. The highest BCUT2D eigenvalue weighted by Gasteiger charge is 2.12. The Labute approximate surface area is 138 Å². The summed E-state index contributed by atoms with van der Waals surface area (Å²) < 4.78 is 29.2. The number of hydrazone groups is 1. The third-order valence-corrected chi connectivity index (χ3v) is 3.22. The third-order valence-electron chi connectivity index (χ3n) is 3.22. The van der Waals surface area contributed by atoms with Crippen LogP contribution in [0.15, 0.2) is 41.5 Å². The number of carbonyl (C=O) groups excluding carboxylic acids is 1. The van der Waals surface area contributed by atoms with E-state index in [1.807, 2.05) is 0 Å². The lowest BCUT2D eigenvalue weighted by molar-refractivity contribution is 0.0951. The Morgan fingerprint density at radius 2 is 1.67 bits per heavy atom. The van der Waals surface area contributed by atoms with Crippen molar-refractivity contribution in [2.24, 2.45) is 5.10 Å². The molecule has 0 bridgehead atoms. The summed E-state index contributed by atoms with van der Waals surface area (Å²) in [5, 5.41) is 3.83. The minimum Gasteiger partial charge on any atom is -0.496 e. The number of hydrogen-bond acceptors (Lipinski definition) is 5. The lowest BCUT2D eigenvalue weighted by Gasteiger charge is -2.11. The lowest BCUT2D eigenvalue weighted by atomic mass is 10.2. The first kappa shape index (κ1) is 17.3. The standard InChI is InChI=1S/C17H17FN2O4/c1-22-14-9-16(24-3)15(23-2)8-11(14)10-19-20-17(21)12-6-4-5-7-13(12)18/h4-10H,1-3H3,(H,20,21). The SMILES string of the molecule is COc1cc(OC)c(OC)cc1C=NNC(=O)c1ccccc1F. The highest BCUT2D eigenvalue weighted by Crippen LogP contribution is 2.33. The Hall–Kier alpha value is -3.09. The van der Waals surface area contributed by atoms with Crippen molar-refractivity contribution >= 4 is 12.1 Å². The largest absolute Gasteiger partial charge is 0.496 e. The van der Waals surface area contributed by atoms with Crippen LogP contribution in [0.2, 0.25) is 0 Å². The summed E-state index contributed by atoms with van der Waals surface area (Å²) in [6.07, 6.45) is 1.37. The first-order valence-corrected chi connectivity index (χ1v) is 6.98. The molecular weight excluding hydrogens is 315 g/mol. The minimum absolute atomic E-state index is 0.0890. The van der Waals surface area contributed by atoms with E-state index in [4.69, 9.17) is 14.2 Å². The topological polar surface area (TPSA) is 69.2 Å². The normalized spacial score (nSPS) is 10.5. The zero-order chi connectivity index (χ0) is 17.5. The minimum atomic E-state index is -0.649. The predicted molar refractivity (Wildman–Crippen MR) is 87.6 cm³/mol. The van der Waals surface area contributed by atoms with Gasteiger partial charge < -0.3 is 14.2 Å². The maximum atomic E-state index is 13.5. The molecule has 0 aliphatic rings. The highest BCUT2D eigenvalue weighted by atomic mass is 19.1. The van der Waals surface area contributed by atoms with Crippen LogP contribution in [0.1, 0.15) is 15.9 Å². The number of ether oxygens (including phenoxy) is 3. The highest BCUT2D eigenvalue weighted by molar-refractivity contribution is 5.95. The molecule has 2 aromatic carbocycles. The first-order valence-electron chi connectivity index (χ1n) is 6.98. The van der Waals surface area contributed by atoms with Crippen molar-refractivity contribution in [2.75, 3.05) is 21.3 Å². The molecule has 0 aliphatic heterocycles. The molecule has 1 amide bonds. The van der Waals surface area contributed by atoms with Gasteiger partial charge in [0.2, 0.25) is 0 Å². The number of rotatable bonds is 6. The molecule has 0 unspecified atom stereocenters. The molecule has 0 saturated heterocycles. The van der Waals surface area contributed by atoms with Gasteiger partial charge in [0.1, 0.15) is 11.6 Å². The maximum Gasteiger partial charge on any atom is 0.274 e. The fourth-order valence-electron chi connectivity index (χ4n) is 2.02. The third kappa shape index (κ3) is 3.81. The molecule has 6 nitrogen and oxygen atoms in total. The van der Waals surface area contributed by atoms with E-state index in [-0.39, 0.29) is 5.56 Å². The van der Waals surface area contributed by atoms with Gasteiger partial charge in [0.25, 0.3) is 5.91 Å². The van der Waals surface area contributed by atoms with Crippen LogP contribution in [0.5, 0.6) is 17.2 Å². The van der Waals surface area contributed by atoms with Crippen LogP contribution in [-0.2, 0) is 0 Å². The molecule has 0 aliphatic carbocycles. The molecule has 2 rings (SSSR count). The van der Waals surface area contributed by atoms with Gasteiger partial charge in [-0.25, -0.2) is 9.82 Å². The second-order valence-corrected chi connectivity index (χ2v) is 4.63. The van der Waals surface area contributed by atoms with E-state index in [0.29, 0.717) is 22.8 Å². The number of hydrogen-bond donors (Lipinski definition) is 1. The van der Waals surface area contributed by atoms with Crippen molar-refractivity contribution < 1.29 is 23.4 Å².